The van der Waals surface area contributed by atoms with E-state index in [0.717, 1.165) is 44.6 Å². The molecule has 0 bridgehead atoms. The Balaban J connectivity index is 1.11. The smallest absolute Gasteiger partial charge is 0.225 e. The Bertz CT molecular complexity index is 1050. The molecule has 1 saturated heterocycles. The van der Waals surface area contributed by atoms with Crippen LogP contribution < -0.4 is 5.32 Å². The maximum absolute atomic E-state index is 12.5. The molecular weight excluding hydrogens is 408 g/mol. The highest BCUT2D eigenvalue weighted by Crippen LogP contribution is 2.30. The molecule has 5 rings (SSSR count). The van der Waals surface area contributed by atoms with Crippen LogP contribution in [0.5, 0.6) is 0 Å². The predicted molar refractivity (Wildman–Crippen MR) is 132 cm³/mol. The van der Waals surface area contributed by atoms with E-state index in [1.54, 1.807) is 0 Å². The Labute approximate surface area is 196 Å². The lowest BCUT2D eigenvalue weighted by molar-refractivity contribution is -0.116. The van der Waals surface area contributed by atoms with E-state index in [2.05, 4.69) is 51.7 Å². The molecule has 5 nitrogen and oxygen atoms in total. The minimum absolute atomic E-state index is 0.0750. The summed E-state index contributed by atoms with van der Waals surface area (Å²) < 4.78 is 2.04. The van der Waals surface area contributed by atoms with Crippen LogP contribution >= 0.6 is 0 Å². The number of aryl methyl sites for hydroxylation is 2. The van der Waals surface area contributed by atoms with Gasteiger partial charge in [0.15, 0.2) is 0 Å². The summed E-state index contributed by atoms with van der Waals surface area (Å²) >= 11 is 0. The zero-order valence-corrected chi connectivity index (χ0v) is 19.3. The van der Waals surface area contributed by atoms with Crippen molar-refractivity contribution >= 4 is 11.7 Å². The number of piperidine rings is 1. The number of aromatic nitrogens is 2. The number of nitrogens with one attached hydrogen (secondary N) is 1. The fourth-order valence-corrected chi connectivity index (χ4v) is 5.49. The van der Waals surface area contributed by atoms with E-state index in [0.29, 0.717) is 18.5 Å². The Kier molecular flexibility index (Phi) is 6.87. The van der Waals surface area contributed by atoms with Gasteiger partial charge in [0.05, 0.1) is 12.2 Å². The molecule has 1 fully saturated rings. The number of carbonyl (C=O) groups excluding carboxylic acids is 1. The molecule has 0 saturated carbocycles. The molecule has 1 aliphatic heterocycles. The predicted octanol–water partition coefficient (Wildman–Crippen LogP) is 5.04. The summed E-state index contributed by atoms with van der Waals surface area (Å²) in [7, 11) is 0. The van der Waals surface area contributed by atoms with Gasteiger partial charge in [-0.25, -0.2) is 4.68 Å². The number of fused-ring (bicyclic) bond motifs is 1. The van der Waals surface area contributed by atoms with Gasteiger partial charge in [0, 0.05) is 31.6 Å². The van der Waals surface area contributed by atoms with Crippen LogP contribution in [0.15, 0.2) is 66.9 Å². The van der Waals surface area contributed by atoms with E-state index in [-0.39, 0.29) is 5.91 Å². The van der Waals surface area contributed by atoms with Gasteiger partial charge in [-0.15, -0.1) is 0 Å². The molecule has 0 unspecified atom stereocenters. The largest absolute Gasteiger partial charge is 0.311 e. The summed E-state index contributed by atoms with van der Waals surface area (Å²) in [4.78, 5) is 15.2. The summed E-state index contributed by atoms with van der Waals surface area (Å²) in [6.45, 7) is 2.20. The van der Waals surface area contributed by atoms with Gasteiger partial charge in [0.1, 0.15) is 5.82 Å². The van der Waals surface area contributed by atoms with Crippen molar-refractivity contribution in [1.29, 1.82) is 0 Å². The van der Waals surface area contributed by atoms with Crippen molar-refractivity contribution in [3.8, 4) is 0 Å². The molecule has 0 spiro atoms. The van der Waals surface area contributed by atoms with Crippen molar-refractivity contribution in [1.82, 2.24) is 14.7 Å². The van der Waals surface area contributed by atoms with E-state index in [1.807, 2.05) is 35.1 Å². The van der Waals surface area contributed by atoms with Crippen molar-refractivity contribution in [3.63, 3.8) is 0 Å². The van der Waals surface area contributed by atoms with E-state index in [1.165, 1.54) is 36.0 Å². The second-order valence-corrected chi connectivity index (χ2v) is 9.48. The molecule has 2 aliphatic rings. The highest BCUT2D eigenvalue weighted by Gasteiger charge is 2.29. The van der Waals surface area contributed by atoms with E-state index in [9.17, 15) is 4.79 Å². The standard InChI is InChI=1S/C28H34N4O/c33-28(12-6-9-22-7-2-1-3-8-22)30-27-15-18-29-32(27)25-16-19-31(20-17-25)26-14-13-23-10-4-5-11-24(23)21-26/h1-5,7-8,10-11,15,18,25-26H,6,9,12-14,16-17,19-21H2,(H,30,33)/t26-/m0/s1. The maximum atomic E-state index is 12.5. The SMILES string of the molecule is O=C(CCCc1ccccc1)Nc1ccnn1C1CCN([C@H]2CCc3ccccc3C2)CC1. The molecule has 1 N–H and O–H groups in total. The topological polar surface area (TPSA) is 50.2 Å². The zero-order chi connectivity index (χ0) is 22.5. The first kappa shape index (κ1) is 21.9. The average molecular weight is 443 g/mol. The number of hydrogen-bond acceptors (Lipinski definition) is 3. The van der Waals surface area contributed by atoms with Crippen LogP contribution in [-0.2, 0) is 24.1 Å². The number of carbonyl (C=O) groups is 1. The lowest BCUT2D eigenvalue weighted by Gasteiger charge is -2.40. The average Bonchev–Trinajstić information content (AvgIpc) is 3.32. The van der Waals surface area contributed by atoms with Gasteiger partial charge < -0.3 is 5.32 Å². The van der Waals surface area contributed by atoms with Crippen molar-refractivity contribution in [2.75, 3.05) is 18.4 Å². The van der Waals surface area contributed by atoms with Crippen LogP contribution in [0.4, 0.5) is 5.82 Å². The van der Waals surface area contributed by atoms with Crippen molar-refractivity contribution in [2.45, 2.75) is 63.5 Å². The number of hydrogen-bond donors (Lipinski definition) is 1. The number of nitrogens with zero attached hydrogens (tertiary/aromatic N) is 3. The second-order valence-electron chi connectivity index (χ2n) is 9.48. The maximum Gasteiger partial charge on any atom is 0.225 e. The molecule has 2 aromatic carbocycles. The lowest BCUT2D eigenvalue weighted by atomic mass is 9.86. The van der Waals surface area contributed by atoms with Crippen molar-refractivity contribution in [3.05, 3.63) is 83.6 Å². The van der Waals surface area contributed by atoms with Gasteiger partial charge in [-0.3, -0.25) is 9.69 Å². The van der Waals surface area contributed by atoms with Gasteiger partial charge in [-0.05, 0) is 61.6 Å². The van der Waals surface area contributed by atoms with Crippen LogP contribution in [0, 0.1) is 0 Å². The quantitative estimate of drug-likeness (QED) is 0.558. The van der Waals surface area contributed by atoms with Crippen LogP contribution in [-0.4, -0.2) is 39.7 Å². The Hall–Kier alpha value is -2.92. The van der Waals surface area contributed by atoms with Gasteiger partial charge >= 0.3 is 0 Å². The molecule has 0 radical (unpaired) electrons. The Morgan fingerprint density at radius 2 is 1.67 bits per heavy atom. The first-order valence-corrected chi connectivity index (χ1v) is 12.4. The number of benzene rings is 2. The highest BCUT2D eigenvalue weighted by molar-refractivity contribution is 5.89. The molecule has 5 heteroatoms. The van der Waals surface area contributed by atoms with Gasteiger partial charge in [-0.1, -0.05) is 54.6 Å². The summed E-state index contributed by atoms with van der Waals surface area (Å²) in [5.41, 5.74) is 4.34. The molecule has 3 aromatic rings. The second kappa shape index (κ2) is 10.3. The number of anilines is 1. The number of amides is 1. The summed E-state index contributed by atoms with van der Waals surface area (Å²) in [5.74, 6) is 0.913. The molecule has 1 amide bonds. The zero-order valence-electron chi connectivity index (χ0n) is 19.3. The Morgan fingerprint density at radius 3 is 2.48 bits per heavy atom. The third-order valence-corrected chi connectivity index (χ3v) is 7.33. The van der Waals surface area contributed by atoms with Crippen molar-refractivity contribution < 1.29 is 4.79 Å². The fourth-order valence-electron chi connectivity index (χ4n) is 5.49. The molecule has 1 aromatic heterocycles. The molecule has 1 atom stereocenters. The van der Waals surface area contributed by atoms with E-state index in [4.69, 9.17) is 0 Å². The summed E-state index contributed by atoms with van der Waals surface area (Å²) in [6.07, 6.45) is 9.91. The van der Waals surface area contributed by atoms with Gasteiger partial charge in [-0.2, -0.15) is 5.10 Å². The van der Waals surface area contributed by atoms with Gasteiger partial charge in [0.25, 0.3) is 0 Å². The minimum Gasteiger partial charge on any atom is -0.311 e. The van der Waals surface area contributed by atoms with Crippen LogP contribution in [0.25, 0.3) is 0 Å². The van der Waals surface area contributed by atoms with Gasteiger partial charge in [0.2, 0.25) is 5.91 Å². The van der Waals surface area contributed by atoms with Crippen molar-refractivity contribution in [2.24, 2.45) is 0 Å². The summed E-state index contributed by atoms with van der Waals surface area (Å²) in [5, 5.41) is 7.68. The first-order valence-electron chi connectivity index (χ1n) is 12.4. The molecule has 33 heavy (non-hydrogen) atoms. The third-order valence-electron chi connectivity index (χ3n) is 7.33. The number of likely N-dealkylation sites (tertiary alicyclic amines) is 1. The van der Waals surface area contributed by atoms with Crippen LogP contribution in [0.1, 0.15) is 54.8 Å². The van der Waals surface area contributed by atoms with Crippen LogP contribution in [0.3, 0.4) is 0 Å². The Morgan fingerprint density at radius 1 is 0.909 bits per heavy atom. The summed E-state index contributed by atoms with van der Waals surface area (Å²) in [6, 6.07) is 22.2. The molecule has 2 heterocycles. The normalized spacial score (nSPS) is 19.2. The minimum atomic E-state index is 0.0750. The van der Waals surface area contributed by atoms with E-state index >= 15 is 0 Å². The molecular formula is C28H34N4O. The van der Waals surface area contributed by atoms with Crippen LogP contribution in [0.2, 0.25) is 0 Å². The first-order chi connectivity index (χ1) is 16.3. The molecule has 172 valence electrons. The van der Waals surface area contributed by atoms with E-state index < -0.39 is 0 Å². The number of rotatable bonds is 7. The molecule has 1 aliphatic carbocycles. The monoisotopic (exact) mass is 442 g/mol. The highest BCUT2D eigenvalue weighted by atomic mass is 16.1. The third kappa shape index (κ3) is 5.36. The fraction of sp³-hybridized carbons (Fsp3) is 0.429. The lowest BCUT2D eigenvalue weighted by Crippen LogP contribution is -2.44.